The molecule has 31 heavy (non-hydrogen) atoms. The van der Waals surface area contributed by atoms with Gasteiger partial charge >= 0.3 is 5.97 Å². The average molecular weight is 443 g/mol. The highest BCUT2D eigenvalue weighted by atomic mass is 32.2. The lowest BCUT2D eigenvalue weighted by Crippen LogP contribution is -2.04. The maximum atomic E-state index is 14.0. The molecule has 8 heteroatoms. The molecule has 6 nitrogen and oxygen atoms in total. The van der Waals surface area contributed by atoms with Gasteiger partial charge in [-0.1, -0.05) is 31.4 Å². The van der Waals surface area contributed by atoms with Crippen molar-refractivity contribution in [1.29, 1.82) is 0 Å². The number of rotatable bonds is 7. The van der Waals surface area contributed by atoms with E-state index in [0.717, 1.165) is 29.6 Å². The molecule has 0 atom stereocenters. The first kappa shape index (κ1) is 21.2. The molecule has 2 aromatic carbocycles. The Bertz CT molecular complexity index is 1060. The summed E-state index contributed by atoms with van der Waals surface area (Å²) in [5, 5.41) is 9.59. The molecule has 0 aliphatic heterocycles. The molecule has 0 spiro atoms. The van der Waals surface area contributed by atoms with Crippen LogP contribution in [-0.2, 0) is 0 Å². The molecular formula is C23H23FN2O4S. The number of nitrogens with one attached hydrogen (secondary N) is 1. The number of aromatic nitrogens is 1. The van der Waals surface area contributed by atoms with Crippen LogP contribution in [0, 0.1) is 5.82 Å². The summed E-state index contributed by atoms with van der Waals surface area (Å²) in [6.45, 7) is 0. The van der Waals surface area contributed by atoms with Crippen molar-refractivity contribution in [3.8, 4) is 17.2 Å². The molecule has 1 aromatic heterocycles. The van der Waals surface area contributed by atoms with Gasteiger partial charge in [-0.3, -0.25) is 0 Å². The van der Waals surface area contributed by atoms with E-state index in [4.69, 9.17) is 14.3 Å². The van der Waals surface area contributed by atoms with Crippen molar-refractivity contribution in [2.24, 2.45) is 0 Å². The predicted molar refractivity (Wildman–Crippen MR) is 117 cm³/mol. The first-order chi connectivity index (χ1) is 15.0. The molecule has 4 rings (SSSR count). The Morgan fingerprint density at radius 1 is 1.23 bits per heavy atom. The molecule has 3 aromatic rings. The number of hydrogen-bond acceptors (Lipinski definition) is 6. The van der Waals surface area contributed by atoms with Gasteiger partial charge in [0.15, 0.2) is 5.03 Å². The van der Waals surface area contributed by atoms with Crippen molar-refractivity contribution in [3.05, 3.63) is 59.6 Å². The van der Waals surface area contributed by atoms with Gasteiger partial charge in [0.2, 0.25) is 5.89 Å². The number of ether oxygens (including phenoxy) is 1. The first-order valence-corrected chi connectivity index (χ1v) is 11.0. The third kappa shape index (κ3) is 4.85. The fourth-order valence-electron chi connectivity index (χ4n) is 3.85. The van der Waals surface area contributed by atoms with Gasteiger partial charge in [0.25, 0.3) is 0 Å². The summed E-state index contributed by atoms with van der Waals surface area (Å²) in [7, 11) is 1.39. The summed E-state index contributed by atoms with van der Waals surface area (Å²) in [6.07, 6.45) is 7.95. The quantitative estimate of drug-likeness (QED) is 0.412. The van der Waals surface area contributed by atoms with Crippen LogP contribution < -0.4 is 9.46 Å². The summed E-state index contributed by atoms with van der Waals surface area (Å²) in [5.74, 6) is -0.848. The van der Waals surface area contributed by atoms with Crippen LogP contribution in [0.15, 0.2) is 52.1 Å². The normalized spacial score (nSPS) is 14.4. The van der Waals surface area contributed by atoms with Gasteiger partial charge in [0.1, 0.15) is 17.8 Å². The smallest absolute Gasteiger partial charge is 0.338 e. The first-order valence-electron chi connectivity index (χ1n) is 10.1. The minimum Gasteiger partial charge on any atom is -0.495 e. The van der Waals surface area contributed by atoms with Crippen molar-refractivity contribution < 1.29 is 23.4 Å². The summed E-state index contributed by atoms with van der Waals surface area (Å²) in [4.78, 5) is 15.6. The standard InChI is InChI=1S/C23H23FN2O4S/c1-29-20-11-17(23(27)28)18(24)12-19(20)26-31-21-13-30-22(25-21)16-9-7-15(8-10-16)14-5-3-2-4-6-14/h7-14,26H,2-6H2,1H3,(H,27,28). The lowest BCUT2D eigenvalue weighted by Gasteiger charge is -2.21. The molecular weight excluding hydrogens is 419 g/mol. The van der Waals surface area contributed by atoms with Crippen molar-refractivity contribution in [2.45, 2.75) is 43.0 Å². The van der Waals surface area contributed by atoms with Gasteiger partial charge < -0.3 is 19.0 Å². The summed E-state index contributed by atoms with van der Waals surface area (Å²) in [5.41, 5.74) is 2.11. The Morgan fingerprint density at radius 3 is 2.65 bits per heavy atom. The second-order valence-electron chi connectivity index (χ2n) is 7.49. The van der Waals surface area contributed by atoms with E-state index in [0.29, 0.717) is 22.5 Å². The highest BCUT2D eigenvalue weighted by Crippen LogP contribution is 2.35. The fraction of sp³-hybridized carbons (Fsp3) is 0.304. The van der Waals surface area contributed by atoms with Crippen molar-refractivity contribution in [2.75, 3.05) is 11.8 Å². The monoisotopic (exact) mass is 442 g/mol. The number of halogens is 1. The number of nitrogens with zero attached hydrogens (tertiary/aromatic N) is 1. The highest BCUT2D eigenvalue weighted by Gasteiger charge is 2.18. The number of aromatic carboxylic acids is 1. The van der Waals surface area contributed by atoms with Gasteiger partial charge in [0, 0.05) is 23.6 Å². The zero-order valence-corrected chi connectivity index (χ0v) is 17.9. The number of carboxylic acid groups (broad SMARTS) is 1. The summed E-state index contributed by atoms with van der Waals surface area (Å²) in [6, 6.07) is 10.6. The van der Waals surface area contributed by atoms with Gasteiger partial charge in [-0.05, 0) is 42.5 Å². The van der Waals surface area contributed by atoms with Gasteiger partial charge in [0.05, 0.1) is 18.4 Å². The zero-order valence-electron chi connectivity index (χ0n) is 17.1. The van der Waals surface area contributed by atoms with E-state index in [1.54, 1.807) is 0 Å². The number of benzene rings is 2. The molecule has 1 saturated carbocycles. The number of methoxy groups -OCH3 is 1. The van der Waals surface area contributed by atoms with Crippen molar-refractivity contribution in [1.82, 2.24) is 4.98 Å². The van der Waals surface area contributed by atoms with E-state index in [2.05, 4.69) is 21.8 Å². The maximum absolute atomic E-state index is 14.0. The van der Waals surface area contributed by atoms with Crippen LogP contribution in [0.2, 0.25) is 0 Å². The third-order valence-corrected chi connectivity index (χ3v) is 6.22. The van der Waals surface area contributed by atoms with Crippen molar-refractivity contribution >= 4 is 23.6 Å². The van der Waals surface area contributed by atoms with Crippen molar-refractivity contribution in [3.63, 3.8) is 0 Å². The highest BCUT2D eigenvalue weighted by molar-refractivity contribution is 8.00. The average Bonchev–Trinajstić information content (AvgIpc) is 3.27. The SMILES string of the molecule is COc1cc(C(=O)O)c(F)cc1NSc1coc(-c2ccc(C3CCCCC3)cc2)n1. The Kier molecular flexibility index (Phi) is 6.46. The number of carboxylic acids is 1. The Hall–Kier alpha value is -3.00. The minimum absolute atomic E-state index is 0.216. The molecule has 0 bridgehead atoms. The van der Waals surface area contributed by atoms with Gasteiger partial charge in [-0.15, -0.1) is 0 Å². The Balaban J connectivity index is 1.44. The summed E-state index contributed by atoms with van der Waals surface area (Å²) < 4.78 is 27.7. The second-order valence-corrected chi connectivity index (χ2v) is 8.32. The van der Waals surface area contributed by atoms with Crippen LogP contribution >= 0.6 is 11.9 Å². The molecule has 162 valence electrons. The van der Waals surface area contributed by atoms with E-state index < -0.39 is 17.3 Å². The van der Waals surface area contributed by atoms with Crippen LogP contribution in [0.25, 0.3) is 11.5 Å². The predicted octanol–water partition coefficient (Wildman–Crippen LogP) is 6.35. The van der Waals surface area contributed by atoms with Crippen LogP contribution in [0.3, 0.4) is 0 Å². The van der Waals surface area contributed by atoms with Crippen LogP contribution in [-0.4, -0.2) is 23.2 Å². The van der Waals surface area contributed by atoms with Gasteiger partial charge in [-0.2, -0.15) is 0 Å². The van der Waals surface area contributed by atoms with Crippen LogP contribution in [0.4, 0.5) is 10.1 Å². The van der Waals surface area contributed by atoms with E-state index in [1.165, 1.54) is 51.0 Å². The van der Waals surface area contributed by atoms with E-state index in [-0.39, 0.29) is 5.75 Å². The lowest BCUT2D eigenvalue weighted by atomic mass is 9.84. The second kappa shape index (κ2) is 9.43. The number of oxazole rings is 1. The lowest BCUT2D eigenvalue weighted by molar-refractivity contribution is 0.0691. The largest absolute Gasteiger partial charge is 0.495 e. The molecule has 1 aliphatic rings. The molecule has 0 radical (unpaired) electrons. The molecule has 0 amide bonds. The van der Waals surface area contributed by atoms with Gasteiger partial charge in [-0.25, -0.2) is 14.2 Å². The number of carbonyl (C=O) groups is 1. The van der Waals surface area contributed by atoms with Crippen LogP contribution in [0.1, 0.15) is 53.9 Å². The topological polar surface area (TPSA) is 84.6 Å². The molecule has 0 unspecified atom stereocenters. The molecule has 1 heterocycles. The molecule has 1 aliphatic carbocycles. The molecule has 0 saturated heterocycles. The van der Waals surface area contributed by atoms with E-state index in [9.17, 15) is 9.18 Å². The number of anilines is 1. The summed E-state index contributed by atoms with van der Waals surface area (Å²) >= 11 is 1.12. The third-order valence-electron chi connectivity index (χ3n) is 5.50. The molecule has 2 N–H and O–H groups in total. The zero-order chi connectivity index (χ0) is 21.8. The van der Waals surface area contributed by atoms with E-state index in [1.807, 2.05) is 12.1 Å². The minimum atomic E-state index is -1.36. The fourth-order valence-corrected chi connectivity index (χ4v) is 4.44. The Morgan fingerprint density at radius 2 is 1.97 bits per heavy atom. The van der Waals surface area contributed by atoms with E-state index >= 15 is 0 Å². The molecule has 1 fully saturated rings. The maximum Gasteiger partial charge on any atom is 0.338 e. The number of hydrogen-bond donors (Lipinski definition) is 2. The Labute approximate surface area is 184 Å². The van der Waals surface area contributed by atoms with Crippen LogP contribution in [0.5, 0.6) is 5.75 Å².